The van der Waals surface area contributed by atoms with Crippen molar-refractivity contribution in [1.82, 2.24) is 0 Å². The van der Waals surface area contributed by atoms with Gasteiger partial charge < -0.3 is 0 Å². The number of thioether (sulfide) groups is 1. The maximum absolute atomic E-state index is 12.8. The fraction of sp³-hybridized carbons (Fsp3) is 0.273. The van der Waals surface area contributed by atoms with E-state index in [1.54, 1.807) is 30.0 Å². The van der Waals surface area contributed by atoms with Gasteiger partial charge >= 0.3 is 0 Å². The lowest BCUT2D eigenvalue weighted by Gasteiger charge is -2.12. The van der Waals surface area contributed by atoms with E-state index in [0.717, 1.165) is 12.0 Å². The standard InChI is InChI=1S/C22H26O2S2/c1-4-21(26(23,24)22-15-13-18(2)14-16-22)12-8-11-20(25-3)17-19-9-6-5-7-10-19/h5-16,21H,4,17H2,1-3H3/b12-8+,20-11+. The molecule has 0 heterocycles. The summed E-state index contributed by atoms with van der Waals surface area (Å²) in [5.74, 6) is 0. The van der Waals surface area contributed by atoms with Crippen molar-refractivity contribution >= 4 is 21.6 Å². The Kier molecular flexibility index (Phi) is 7.73. The Balaban J connectivity index is 2.15. The molecule has 0 bridgehead atoms. The number of benzene rings is 2. The highest BCUT2D eigenvalue weighted by molar-refractivity contribution is 8.02. The number of aryl methyl sites for hydroxylation is 1. The van der Waals surface area contributed by atoms with E-state index in [-0.39, 0.29) is 0 Å². The Morgan fingerprint density at radius 2 is 1.73 bits per heavy atom. The fourth-order valence-corrected chi connectivity index (χ4v) is 4.77. The summed E-state index contributed by atoms with van der Waals surface area (Å²) in [5, 5.41) is -0.513. The van der Waals surface area contributed by atoms with Gasteiger partial charge in [0.15, 0.2) is 9.84 Å². The zero-order valence-corrected chi connectivity index (χ0v) is 17.2. The first-order valence-electron chi connectivity index (χ1n) is 8.73. The molecule has 0 aliphatic rings. The van der Waals surface area contributed by atoms with Gasteiger partial charge in [-0.15, -0.1) is 11.8 Å². The summed E-state index contributed by atoms with van der Waals surface area (Å²) in [6, 6.07) is 17.3. The molecule has 1 unspecified atom stereocenters. The number of rotatable bonds is 8. The molecule has 0 aromatic heterocycles. The minimum Gasteiger partial charge on any atom is -0.223 e. The van der Waals surface area contributed by atoms with Gasteiger partial charge in [0.2, 0.25) is 0 Å². The van der Waals surface area contributed by atoms with Crippen LogP contribution in [0, 0.1) is 6.92 Å². The van der Waals surface area contributed by atoms with Crippen LogP contribution in [0.15, 0.2) is 82.6 Å². The Bertz CT molecular complexity index is 849. The SMILES string of the molecule is CCC(/C=C/C=C(\Cc1ccccc1)SC)S(=O)(=O)c1ccc(C)cc1. The first kappa shape index (κ1) is 20.5. The Hall–Kier alpha value is -1.78. The van der Waals surface area contributed by atoms with E-state index in [0.29, 0.717) is 11.3 Å². The van der Waals surface area contributed by atoms with E-state index in [1.807, 2.05) is 62.6 Å². The maximum atomic E-state index is 12.8. The zero-order valence-electron chi connectivity index (χ0n) is 15.6. The molecule has 2 aromatic rings. The van der Waals surface area contributed by atoms with Crippen LogP contribution in [0.5, 0.6) is 0 Å². The van der Waals surface area contributed by atoms with Gasteiger partial charge in [-0.1, -0.05) is 73.2 Å². The second kappa shape index (κ2) is 9.79. The second-order valence-electron chi connectivity index (χ2n) is 6.19. The quantitative estimate of drug-likeness (QED) is 0.554. The molecule has 0 N–H and O–H groups in total. The molecule has 2 rings (SSSR count). The van der Waals surface area contributed by atoms with Gasteiger partial charge in [0.05, 0.1) is 10.1 Å². The molecule has 1 atom stereocenters. The van der Waals surface area contributed by atoms with Gasteiger partial charge in [-0.3, -0.25) is 0 Å². The van der Waals surface area contributed by atoms with Gasteiger partial charge in [0, 0.05) is 6.42 Å². The average molecular weight is 387 g/mol. The smallest absolute Gasteiger partial charge is 0.184 e. The molecule has 4 heteroatoms. The van der Waals surface area contributed by atoms with Crippen molar-refractivity contribution in [2.75, 3.05) is 6.26 Å². The van der Waals surface area contributed by atoms with Gasteiger partial charge in [-0.2, -0.15) is 0 Å². The van der Waals surface area contributed by atoms with Gasteiger partial charge in [0.25, 0.3) is 0 Å². The molecule has 2 aromatic carbocycles. The normalized spacial score (nSPS) is 13.9. The molecule has 0 aliphatic carbocycles. The number of allylic oxidation sites excluding steroid dienone is 3. The summed E-state index contributed by atoms with van der Waals surface area (Å²) in [5.41, 5.74) is 2.31. The highest BCUT2D eigenvalue weighted by Crippen LogP contribution is 2.21. The highest BCUT2D eigenvalue weighted by Gasteiger charge is 2.23. The van der Waals surface area contributed by atoms with Crippen LogP contribution >= 0.6 is 11.8 Å². The van der Waals surface area contributed by atoms with Crippen LogP contribution in [0.2, 0.25) is 0 Å². The lowest BCUT2D eigenvalue weighted by molar-refractivity contribution is 0.586. The van der Waals surface area contributed by atoms with E-state index >= 15 is 0 Å². The molecule has 26 heavy (non-hydrogen) atoms. The third-order valence-corrected chi connectivity index (χ3v) is 7.26. The number of sulfone groups is 1. The van der Waals surface area contributed by atoms with Crippen LogP contribution in [-0.2, 0) is 16.3 Å². The van der Waals surface area contributed by atoms with Crippen LogP contribution in [-0.4, -0.2) is 19.9 Å². The molecule has 0 aliphatic heterocycles. The predicted molar refractivity (Wildman–Crippen MR) is 113 cm³/mol. The third kappa shape index (κ3) is 5.61. The van der Waals surface area contributed by atoms with Crippen LogP contribution < -0.4 is 0 Å². The molecule has 0 saturated carbocycles. The summed E-state index contributed by atoms with van der Waals surface area (Å²) < 4.78 is 25.7. The Morgan fingerprint density at radius 1 is 1.08 bits per heavy atom. The van der Waals surface area contributed by atoms with Crippen LogP contribution in [0.1, 0.15) is 24.5 Å². The van der Waals surface area contributed by atoms with Crippen molar-refractivity contribution in [3.05, 3.63) is 88.9 Å². The van der Waals surface area contributed by atoms with Crippen molar-refractivity contribution in [2.45, 2.75) is 36.8 Å². The van der Waals surface area contributed by atoms with Crippen LogP contribution in [0.25, 0.3) is 0 Å². The molecule has 0 spiro atoms. The Labute approximate surface area is 162 Å². The molecule has 0 amide bonds. The molecular weight excluding hydrogens is 360 g/mol. The monoisotopic (exact) mass is 386 g/mol. The summed E-state index contributed by atoms with van der Waals surface area (Å²) in [6.07, 6.45) is 9.15. The summed E-state index contributed by atoms with van der Waals surface area (Å²) in [7, 11) is -3.35. The predicted octanol–water partition coefficient (Wildman–Crippen LogP) is 5.59. The largest absolute Gasteiger partial charge is 0.223 e. The zero-order chi connectivity index (χ0) is 19.0. The number of hydrogen-bond acceptors (Lipinski definition) is 3. The van der Waals surface area contributed by atoms with Gasteiger partial charge in [0.1, 0.15) is 0 Å². The van der Waals surface area contributed by atoms with E-state index in [2.05, 4.69) is 12.1 Å². The van der Waals surface area contributed by atoms with Crippen molar-refractivity contribution in [2.24, 2.45) is 0 Å². The van der Waals surface area contributed by atoms with Crippen molar-refractivity contribution < 1.29 is 8.42 Å². The van der Waals surface area contributed by atoms with E-state index in [9.17, 15) is 8.42 Å². The maximum Gasteiger partial charge on any atom is 0.184 e. The molecule has 138 valence electrons. The molecule has 2 nitrogen and oxygen atoms in total. The van der Waals surface area contributed by atoms with E-state index in [1.165, 1.54) is 10.5 Å². The summed E-state index contributed by atoms with van der Waals surface area (Å²) >= 11 is 1.69. The minimum atomic E-state index is -3.35. The lowest BCUT2D eigenvalue weighted by Crippen LogP contribution is -2.18. The molecular formula is C22H26O2S2. The molecule has 0 radical (unpaired) electrons. The average Bonchev–Trinajstić information content (AvgIpc) is 2.65. The Morgan fingerprint density at radius 3 is 2.31 bits per heavy atom. The van der Waals surface area contributed by atoms with Crippen LogP contribution in [0.3, 0.4) is 0 Å². The fourth-order valence-electron chi connectivity index (χ4n) is 2.64. The van der Waals surface area contributed by atoms with Crippen molar-refractivity contribution in [1.29, 1.82) is 0 Å². The topological polar surface area (TPSA) is 34.1 Å². The van der Waals surface area contributed by atoms with E-state index < -0.39 is 15.1 Å². The molecule has 0 fully saturated rings. The lowest BCUT2D eigenvalue weighted by atomic mass is 10.1. The highest BCUT2D eigenvalue weighted by atomic mass is 32.2. The second-order valence-corrected chi connectivity index (χ2v) is 9.29. The van der Waals surface area contributed by atoms with Crippen LogP contribution in [0.4, 0.5) is 0 Å². The van der Waals surface area contributed by atoms with Gasteiger partial charge in [-0.05, 0) is 42.2 Å². The minimum absolute atomic E-state index is 0.387. The van der Waals surface area contributed by atoms with Crippen molar-refractivity contribution in [3.8, 4) is 0 Å². The molecule has 0 saturated heterocycles. The summed E-state index contributed by atoms with van der Waals surface area (Å²) in [6.45, 7) is 3.86. The van der Waals surface area contributed by atoms with Crippen molar-refractivity contribution in [3.63, 3.8) is 0 Å². The summed E-state index contributed by atoms with van der Waals surface area (Å²) in [4.78, 5) is 1.59. The third-order valence-electron chi connectivity index (χ3n) is 4.24. The first-order valence-corrected chi connectivity index (χ1v) is 11.5. The first-order chi connectivity index (χ1) is 12.5. The van der Waals surface area contributed by atoms with E-state index in [4.69, 9.17) is 0 Å². The number of hydrogen-bond donors (Lipinski definition) is 0. The van der Waals surface area contributed by atoms with Gasteiger partial charge in [-0.25, -0.2) is 8.42 Å².